The van der Waals surface area contributed by atoms with Crippen LogP contribution in [0.2, 0.25) is 0 Å². The quantitative estimate of drug-likeness (QED) is 0.0624. The fraction of sp³-hybridized carbons (Fsp3) is 0.714. The number of carbonyl (C=O) groups excluding carboxylic acids is 4. The van der Waals surface area contributed by atoms with Crippen molar-refractivity contribution >= 4 is 47.3 Å². The predicted molar refractivity (Wildman–Crippen MR) is 136 cm³/mol. The van der Waals surface area contributed by atoms with Crippen molar-refractivity contribution in [1.82, 2.24) is 15.5 Å². The molecule has 0 aromatic heterocycles. The molecule has 36 heavy (non-hydrogen) atoms. The summed E-state index contributed by atoms with van der Waals surface area (Å²) in [5.41, 5.74) is 21.7. The highest BCUT2D eigenvalue weighted by Crippen LogP contribution is 2.19. The Bertz CT molecular complexity index is 822. The van der Waals surface area contributed by atoms with Crippen LogP contribution in [0.5, 0.6) is 0 Å². The van der Waals surface area contributed by atoms with E-state index in [0.29, 0.717) is 31.6 Å². The molecule has 1 heterocycles. The van der Waals surface area contributed by atoms with Crippen LogP contribution in [-0.2, 0) is 24.0 Å². The van der Waals surface area contributed by atoms with Crippen LogP contribution in [0.15, 0.2) is 4.99 Å². The number of rotatable bonds is 16. The van der Waals surface area contributed by atoms with Gasteiger partial charge in [0.15, 0.2) is 5.96 Å². The molecule has 0 bridgehead atoms. The summed E-state index contributed by atoms with van der Waals surface area (Å²) in [7, 11) is 0. The summed E-state index contributed by atoms with van der Waals surface area (Å²) in [4.78, 5) is 66.6. The van der Waals surface area contributed by atoms with Gasteiger partial charge in [0, 0.05) is 19.5 Å². The number of aliphatic carboxylic acids is 1. The number of carboxylic acid groups (broad SMARTS) is 1. The topological polar surface area (TPSA) is 249 Å². The lowest BCUT2D eigenvalue weighted by Crippen LogP contribution is -2.56. The average Bonchev–Trinajstić information content (AvgIpc) is 3.31. The fourth-order valence-corrected chi connectivity index (χ4v) is 4.21. The van der Waals surface area contributed by atoms with E-state index >= 15 is 0 Å². The molecule has 14 nitrogen and oxygen atoms in total. The average molecular weight is 531 g/mol. The highest BCUT2D eigenvalue weighted by atomic mass is 32.2. The smallest absolute Gasteiger partial charge is 0.326 e. The van der Waals surface area contributed by atoms with Crippen LogP contribution < -0.4 is 33.6 Å². The summed E-state index contributed by atoms with van der Waals surface area (Å²) in [6, 6.07) is -4.02. The number of amides is 4. The van der Waals surface area contributed by atoms with Gasteiger partial charge in [0.25, 0.3) is 0 Å². The summed E-state index contributed by atoms with van der Waals surface area (Å²) in [5.74, 6) is -3.05. The zero-order valence-electron chi connectivity index (χ0n) is 20.5. The number of thioether (sulfide) groups is 1. The Morgan fingerprint density at radius 1 is 1.08 bits per heavy atom. The Hall–Kier alpha value is -3.07. The van der Waals surface area contributed by atoms with Gasteiger partial charge >= 0.3 is 5.97 Å². The number of aliphatic imine (C=N–C) groups is 1. The lowest BCUT2D eigenvalue weighted by Gasteiger charge is -2.28. The Morgan fingerprint density at radius 3 is 2.36 bits per heavy atom. The Balaban J connectivity index is 2.93. The van der Waals surface area contributed by atoms with Crippen molar-refractivity contribution in [1.29, 1.82) is 0 Å². The molecule has 0 radical (unpaired) electrons. The molecule has 0 saturated carbocycles. The Kier molecular flexibility index (Phi) is 13.6. The van der Waals surface area contributed by atoms with E-state index in [2.05, 4.69) is 15.6 Å². The third-order valence-electron chi connectivity index (χ3n) is 5.66. The molecule has 1 fully saturated rings. The second kappa shape index (κ2) is 15.8. The molecular formula is C21H38N8O6S. The first-order valence-electron chi connectivity index (χ1n) is 11.7. The summed E-state index contributed by atoms with van der Waals surface area (Å²) >= 11 is 1.44. The van der Waals surface area contributed by atoms with Crippen LogP contribution in [0, 0.1) is 0 Å². The first-order chi connectivity index (χ1) is 17.0. The minimum absolute atomic E-state index is 0.0570. The van der Waals surface area contributed by atoms with Gasteiger partial charge in [-0.2, -0.15) is 11.8 Å². The zero-order valence-corrected chi connectivity index (χ0v) is 21.3. The van der Waals surface area contributed by atoms with Crippen molar-refractivity contribution in [2.45, 2.75) is 69.1 Å². The van der Waals surface area contributed by atoms with E-state index in [1.807, 2.05) is 6.26 Å². The van der Waals surface area contributed by atoms with Gasteiger partial charge in [0.05, 0.1) is 6.04 Å². The summed E-state index contributed by atoms with van der Waals surface area (Å²) in [6.45, 7) is 0.512. The molecular weight excluding hydrogens is 492 g/mol. The van der Waals surface area contributed by atoms with Crippen LogP contribution in [0.1, 0.15) is 44.9 Å². The maximum absolute atomic E-state index is 13.1. The summed E-state index contributed by atoms with van der Waals surface area (Å²) in [6.07, 6.45) is 3.44. The third kappa shape index (κ3) is 10.7. The monoisotopic (exact) mass is 530 g/mol. The van der Waals surface area contributed by atoms with Crippen molar-refractivity contribution in [2.24, 2.45) is 27.9 Å². The molecule has 0 spiro atoms. The number of nitrogens with two attached hydrogens (primary N) is 4. The maximum Gasteiger partial charge on any atom is 0.326 e. The van der Waals surface area contributed by atoms with Crippen LogP contribution in [0.3, 0.4) is 0 Å². The number of nitrogens with one attached hydrogen (secondary N) is 2. The minimum Gasteiger partial charge on any atom is -0.480 e. The van der Waals surface area contributed by atoms with Crippen LogP contribution in [0.4, 0.5) is 0 Å². The molecule has 4 amide bonds. The molecule has 0 aromatic carbocycles. The molecule has 15 heteroatoms. The van der Waals surface area contributed by atoms with Crippen molar-refractivity contribution in [2.75, 3.05) is 25.1 Å². The van der Waals surface area contributed by atoms with Crippen molar-refractivity contribution < 1.29 is 29.1 Å². The van der Waals surface area contributed by atoms with E-state index in [1.165, 1.54) is 16.7 Å². The lowest BCUT2D eigenvalue weighted by molar-refractivity contribution is -0.143. The highest BCUT2D eigenvalue weighted by molar-refractivity contribution is 7.98. The normalized spacial score (nSPS) is 17.5. The molecule has 11 N–H and O–H groups in total. The SMILES string of the molecule is CSCCC(NC(=O)C(CCCN=C(N)N)NC(=O)C1CCCN1C(=O)C(N)CCC(N)=O)C(=O)O. The number of nitrogens with zero attached hydrogens (tertiary/aromatic N) is 2. The van der Waals surface area contributed by atoms with E-state index < -0.39 is 53.8 Å². The number of carbonyl (C=O) groups is 5. The molecule has 1 aliphatic heterocycles. The minimum atomic E-state index is -1.18. The van der Waals surface area contributed by atoms with E-state index in [1.54, 1.807) is 0 Å². The number of carboxylic acids is 1. The second-order valence-electron chi connectivity index (χ2n) is 8.49. The first-order valence-corrected chi connectivity index (χ1v) is 13.1. The Labute approximate surface area is 214 Å². The largest absolute Gasteiger partial charge is 0.480 e. The van der Waals surface area contributed by atoms with E-state index in [-0.39, 0.29) is 38.2 Å². The fourth-order valence-electron chi connectivity index (χ4n) is 3.74. The lowest BCUT2D eigenvalue weighted by atomic mass is 10.1. The number of likely N-dealkylation sites (tertiary alicyclic amines) is 1. The van der Waals surface area contributed by atoms with E-state index in [4.69, 9.17) is 22.9 Å². The second-order valence-corrected chi connectivity index (χ2v) is 9.48. The molecule has 0 aromatic rings. The number of primary amides is 1. The molecule has 4 atom stereocenters. The molecule has 0 aliphatic carbocycles. The van der Waals surface area contributed by atoms with E-state index in [0.717, 1.165) is 0 Å². The van der Waals surface area contributed by atoms with Crippen molar-refractivity contribution in [3.05, 3.63) is 0 Å². The summed E-state index contributed by atoms with van der Waals surface area (Å²) < 4.78 is 0. The molecule has 204 valence electrons. The van der Waals surface area contributed by atoms with Gasteiger partial charge in [0.2, 0.25) is 23.6 Å². The van der Waals surface area contributed by atoms with Crippen LogP contribution >= 0.6 is 11.8 Å². The van der Waals surface area contributed by atoms with Crippen molar-refractivity contribution in [3.8, 4) is 0 Å². The Morgan fingerprint density at radius 2 is 1.78 bits per heavy atom. The third-order valence-corrected chi connectivity index (χ3v) is 6.30. The van der Waals surface area contributed by atoms with Gasteiger partial charge < -0.3 is 43.6 Å². The van der Waals surface area contributed by atoms with Gasteiger partial charge in [0.1, 0.15) is 18.1 Å². The van der Waals surface area contributed by atoms with Crippen LogP contribution in [0.25, 0.3) is 0 Å². The standard InChI is InChI=1S/C21H38N8O6S/c1-36-11-8-14(20(34)35)28-17(31)13(4-2-9-26-21(24)25)27-18(32)15-5-3-10-29(15)19(33)12(22)6-7-16(23)30/h12-15H,2-11,22H2,1H3,(H2,23,30)(H,27,32)(H,28,31)(H,34,35)(H4,24,25,26). The summed E-state index contributed by atoms with van der Waals surface area (Å²) in [5, 5.41) is 14.6. The highest BCUT2D eigenvalue weighted by Gasteiger charge is 2.37. The molecule has 4 unspecified atom stereocenters. The first kappa shape index (κ1) is 31.0. The van der Waals surface area contributed by atoms with Gasteiger partial charge in [-0.1, -0.05) is 0 Å². The number of hydrogen-bond acceptors (Lipinski definition) is 8. The van der Waals surface area contributed by atoms with Gasteiger partial charge in [-0.25, -0.2) is 4.79 Å². The number of guanidine groups is 1. The molecule has 1 aliphatic rings. The van der Waals surface area contributed by atoms with Gasteiger partial charge in [-0.05, 0) is 50.5 Å². The van der Waals surface area contributed by atoms with Crippen molar-refractivity contribution in [3.63, 3.8) is 0 Å². The van der Waals surface area contributed by atoms with E-state index in [9.17, 15) is 29.1 Å². The zero-order chi connectivity index (χ0) is 27.3. The van der Waals surface area contributed by atoms with Crippen LogP contribution in [-0.4, -0.2) is 94.8 Å². The van der Waals surface area contributed by atoms with Gasteiger partial charge in [-0.15, -0.1) is 0 Å². The van der Waals surface area contributed by atoms with Gasteiger partial charge in [-0.3, -0.25) is 24.2 Å². The predicted octanol–water partition coefficient (Wildman–Crippen LogP) is -2.57. The maximum atomic E-state index is 13.1. The molecule has 1 saturated heterocycles. The molecule has 1 rings (SSSR count). The number of hydrogen-bond donors (Lipinski definition) is 7.